The maximum atomic E-state index is 10.0. The van der Waals surface area contributed by atoms with E-state index in [1.54, 1.807) is 6.33 Å². The van der Waals surface area contributed by atoms with Crippen LogP contribution in [0.1, 0.15) is 38.3 Å². The SMILES string of the molecule is CCC(O)C1CCCCN1Cc1cnc[nH]1. The normalized spacial score (nSPS) is 24.5. The van der Waals surface area contributed by atoms with Gasteiger partial charge in [-0.15, -0.1) is 0 Å². The molecule has 0 aliphatic carbocycles. The Balaban J connectivity index is 1.99. The monoisotopic (exact) mass is 223 g/mol. The number of likely N-dealkylation sites (tertiary alicyclic amines) is 1. The van der Waals surface area contributed by atoms with Gasteiger partial charge >= 0.3 is 0 Å². The molecule has 2 rings (SSSR count). The summed E-state index contributed by atoms with van der Waals surface area (Å²) < 4.78 is 0. The molecule has 1 aliphatic heterocycles. The molecule has 1 aliphatic rings. The van der Waals surface area contributed by atoms with E-state index in [-0.39, 0.29) is 6.10 Å². The van der Waals surface area contributed by atoms with E-state index in [1.807, 2.05) is 13.1 Å². The van der Waals surface area contributed by atoms with E-state index in [4.69, 9.17) is 0 Å². The van der Waals surface area contributed by atoms with Gasteiger partial charge in [-0.2, -0.15) is 0 Å². The Bertz CT molecular complexity index is 299. The number of aromatic amines is 1. The van der Waals surface area contributed by atoms with Gasteiger partial charge in [0, 0.05) is 24.5 Å². The average Bonchev–Trinajstić information content (AvgIpc) is 2.82. The number of nitrogens with zero attached hydrogens (tertiary/aromatic N) is 2. The van der Waals surface area contributed by atoms with Crippen LogP contribution >= 0.6 is 0 Å². The molecular weight excluding hydrogens is 202 g/mol. The Morgan fingerprint density at radius 2 is 2.50 bits per heavy atom. The molecule has 16 heavy (non-hydrogen) atoms. The molecular formula is C12H21N3O. The highest BCUT2D eigenvalue weighted by Gasteiger charge is 2.27. The van der Waals surface area contributed by atoms with Gasteiger partial charge in [-0.25, -0.2) is 4.98 Å². The number of H-pyrrole nitrogens is 1. The molecule has 0 aromatic carbocycles. The zero-order valence-electron chi connectivity index (χ0n) is 9.89. The van der Waals surface area contributed by atoms with Crippen LogP contribution in [0.15, 0.2) is 12.5 Å². The third-order valence-electron chi connectivity index (χ3n) is 3.45. The first kappa shape index (κ1) is 11.6. The fourth-order valence-corrected chi connectivity index (χ4v) is 2.51. The van der Waals surface area contributed by atoms with Crippen LogP contribution in [-0.4, -0.2) is 38.7 Å². The third-order valence-corrected chi connectivity index (χ3v) is 3.45. The van der Waals surface area contributed by atoms with E-state index in [9.17, 15) is 5.11 Å². The minimum absolute atomic E-state index is 0.191. The van der Waals surface area contributed by atoms with Crippen molar-refractivity contribution in [3.05, 3.63) is 18.2 Å². The first-order valence-corrected chi connectivity index (χ1v) is 6.20. The summed E-state index contributed by atoms with van der Waals surface area (Å²) in [5.41, 5.74) is 1.13. The molecule has 1 fully saturated rings. The molecule has 0 saturated carbocycles. The van der Waals surface area contributed by atoms with E-state index < -0.39 is 0 Å². The predicted octanol–water partition coefficient (Wildman–Crippen LogP) is 1.54. The van der Waals surface area contributed by atoms with Gasteiger partial charge in [0.15, 0.2) is 0 Å². The summed E-state index contributed by atoms with van der Waals surface area (Å²) in [6.45, 7) is 4.01. The van der Waals surface area contributed by atoms with Gasteiger partial charge in [0.25, 0.3) is 0 Å². The molecule has 1 aromatic heterocycles. The topological polar surface area (TPSA) is 52.1 Å². The molecule has 2 atom stereocenters. The Labute approximate surface area is 96.7 Å². The van der Waals surface area contributed by atoms with Crippen LogP contribution in [0.25, 0.3) is 0 Å². The molecule has 1 saturated heterocycles. The van der Waals surface area contributed by atoms with Crippen molar-refractivity contribution in [1.29, 1.82) is 0 Å². The van der Waals surface area contributed by atoms with Gasteiger partial charge in [-0.3, -0.25) is 4.90 Å². The standard InChI is InChI=1S/C12H21N3O/c1-2-12(16)11-5-3-4-6-15(11)8-10-7-13-9-14-10/h7,9,11-12,16H,2-6,8H2,1H3,(H,13,14). The van der Waals surface area contributed by atoms with Crippen molar-refractivity contribution in [3.63, 3.8) is 0 Å². The zero-order chi connectivity index (χ0) is 11.4. The van der Waals surface area contributed by atoms with E-state index in [0.717, 1.165) is 31.6 Å². The van der Waals surface area contributed by atoms with Gasteiger partial charge < -0.3 is 10.1 Å². The molecule has 0 bridgehead atoms. The fourth-order valence-electron chi connectivity index (χ4n) is 2.51. The molecule has 0 amide bonds. The second-order valence-corrected chi connectivity index (χ2v) is 4.59. The molecule has 0 spiro atoms. The fraction of sp³-hybridized carbons (Fsp3) is 0.750. The van der Waals surface area contributed by atoms with E-state index in [2.05, 4.69) is 14.9 Å². The number of imidazole rings is 1. The second kappa shape index (κ2) is 5.46. The number of hydrogen-bond donors (Lipinski definition) is 2. The van der Waals surface area contributed by atoms with Gasteiger partial charge in [0.1, 0.15) is 0 Å². The Morgan fingerprint density at radius 1 is 1.62 bits per heavy atom. The molecule has 4 nitrogen and oxygen atoms in total. The van der Waals surface area contributed by atoms with Crippen molar-refractivity contribution in [1.82, 2.24) is 14.9 Å². The lowest BCUT2D eigenvalue weighted by Crippen LogP contribution is -2.46. The van der Waals surface area contributed by atoms with E-state index in [1.165, 1.54) is 12.8 Å². The van der Waals surface area contributed by atoms with Crippen LogP contribution in [-0.2, 0) is 6.54 Å². The largest absolute Gasteiger partial charge is 0.392 e. The highest BCUT2D eigenvalue weighted by atomic mass is 16.3. The van der Waals surface area contributed by atoms with Crippen molar-refractivity contribution in [2.75, 3.05) is 6.54 Å². The van der Waals surface area contributed by atoms with Crippen LogP contribution in [0.4, 0.5) is 0 Å². The Kier molecular flexibility index (Phi) is 3.96. The van der Waals surface area contributed by atoms with Gasteiger partial charge in [0.2, 0.25) is 0 Å². The quantitative estimate of drug-likeness (QED) is 0.814. The van der Waals surface area contributed by atoms with Gasteiger partial charge in [-0.05, 0) is 25.8 Å². The predicted molar refractivity (Wildman–Crippen MR) is 62.9 cm³/mol. The number of aliphatic hydroxyl groups excluding tert-OH is 1. The molecule has 90 valence electrons. The van der Waals surface area contributed by atoms with Crippen molar-refractivity contribution >= 4 is 0 Å². The summed E-state index contributed by atoms with van der Waals surface area (Å²) in [5.74, 6) is 0. The summed E-state index contributed by atoms with van der Waals surface area (Å²) in [7, 11) is 0. The summed E-state index contributed by atoms with van der Waals surface area (Å²) >= 11 is 0. The molecule has 0 radical (unpaired) electrons. The molecule has 2 unspecified atom stereocenters. The van der Waals surface area contributed by atoms with E-state index in [0.29, 0.717) is 6.04 Å². The third kappa shape index (κ3) is 2.62. The van der Waals surface area contributed by atoms with Crippen LogP contribution in [0, 0.1) is 0 Å². The molecule has 2 N–H and O–H groups in total. The summed E-state index contributed by atoms with van der Waals surface area (Å²) in [6.07, 6.45) is 7.81. The lowest BCUT2D eigenvalue weighted by molar-refractivity contribution is 0.0190. The smallest absolute Gasteiger partial charge is 0.0922 e. The van der Waals surface area contributed by atoms with Crippen molar-refractivity contribution in [3.8, 4) is 0 Å². The average molecular weight is 223 g/mol. The molecule has 4 heteroatoms. The van der Waals surface area contributed by atoms with Crippen LogP contribution in [0.5, 0.6) is 0 Å². The highest BCUT2D eigenvalue weighted by molar-refractivity contribution is 4.96. The molecule has 1 aromatic rings. The summed E-state index contributed by atoms with van der Waals surface area (Å²) in [4.78, 5) is 9.54. The second-order valence-electron chi connectivity index (χ2n) is 4.59. The maximum absolute atomic E-state index is 10.0. The number of aliphatic hydroxyl groups is 1. The van der Waals surface area contributed by atoms with E-state index >= 15 is 0 Å². The minimum atomic E-state index is -0.191. The highest BCUT2D eigenvalue weighted by Crippen LogP contribution is 2.22. The van der Waals surface area contributed by atoms with Crippen molar-refractivity contribution in [2.24, 2.45) is 0 Å². The number of hydrogen-bond acceptors (Lipinski definition) is 3. The van der Waals surface area contributed by atoms with Crippen molar-refractivity contribution < 1.29 is 5.11 Å². The first-order valence-electron chi connectivity index (χ1n) is 6.20. The number of rotatable bonds is 4. The lowest BCUT2D eigenvalue weighted by atomic mass is 9.96. The Hall–Kier alpha value is -0.870. The minimum Gasteiger partial charge on any atom is -0.392 e. The van der Waals surface area contributed by atoms with Crippen molar-refractivity contribution in [2.45, 2.75) is 51.3 Å². The first-order chi connectivity index (χ1) is 7.81. The number of aromatic nitrogens is 2. The van der Waals surface area contributed by atoms with Gasteiger partial charge in [-0.1, -0.05) is 13.3 Å². The Morgan fingerprint density at radius 3 is 3.19 bits per heavy atom. The van der Waals surface area contributed by atoms with Crippen LogP contribution < -0.4 is 0 Å². The van der Waals surface area contributed by atoms with Crippen LogP contribution in [0.2, 0.25) is 0 Å². The zero-order valence-corrected chi connectivity index (χ0v) is 9.89. The number of nitrogens with one attached hydrogen (secondary N) is 1. The maximum Gasteiger partial charge on any atom is 0.0922 e. The van der Waals surface area contributed by atoms with Crippen LogP contribution in [0.3, 0.4) is 0 Å². The molecule has 2 heterocycles. The lowest BCUT2D eigenvalue weighted by Gasteiger charge is -2.37. The summed E-state index contributed by atoms with van der Waals surface area (Å²) in [6, 6.07) is 0.321. The van der Waals surface area contributed by atoms with Gasteiger partial charge in [0.05, 0.1) is 12.4 Å². The number of piperidine rings is 1. The summed E-state index contributed by atoms with van der Waals surface area (Å²) in [5, 5.41) is 10.0.